The highest BCUT2D eigenvalue weighted by molar-refractivity contribution is 5.74. The van der Waals surface area contributed by atoms with E-state index >= 15 is 0 Å². The molecule has 2 aliphatic heterocycles. The highest BCUT2D eigenvalue weighted by Crippen LogP contribution is 2.70. The molecule has 4 rings (SSSR count). The van der Waals surface area contributed by atoms with Crippen molar-refractivity contribution in [1.82, 2.24) is 9.96 Å². The standard InChI is InChI=1S/C15H25N3O2/c1-13(2)9-7-8-14(13,3)11-10(9)18-15(4,19-11)16-12(20-18)17(5)6/h9-11H,7-8H2,1-6H3/t9?,10?,11?,14?,15-/m0/s1. The van der Waals surface area contributed by atoms with E-state index in [0.29, 0.717) is 23.4 Å². The summed E-state index contributed by atoms with van der Waals surface area (Å²) in [6.07, 6.45) is 2.75. The van der Waals surface area contributed by atoms with Crippen LogP contribution in [0.15, 0.2) is 4.99 Å². The van der Waals surface area contributed by atoms with Crippen molar-refractivity contribution in [2.24, 2.45) is 21.7 Å². The molecule has 0 N–H and O–H groups in total. The van der Waals surface area contributed by atoms with Crippen molar-refractivity contribution in [2.75, 3.05) is 14.1 Å². The predicted octanol–water partition coefficient (Wildman–Crippen LogP) is 2.05. The Kier molecular flexibility index (Phi) is 2.15. The molecule has 20 heavy (non-hydrogen) atoms. The molecule has 1 saturated heterocycles. The highest BCUT2D eigenvalue weighted by atomic mass is 16.8. The van der Waals surface area contributed by atoms with Crippen LogP contribution in [0.1, 0.15) is 40.5 Å². The molecule has 0 aromatic carbocycles. The molecule has 4 unspecified atom stereocenters. The van der Waals surface area contributed by atoms with Gasteiger partial charge in [-0.3, -0.25) is 0 Å². The van der Waals surface area contributed by atoms with Gasteiger partial charge >= 0.3 is 6.02 Å². The van der Waals surface area contributed by atoms with E-state index in [1.165, 1.54) is 12.8 Å². The Morgan fingerprint density at radius 1 is 1.25 bits per heavy atom. The fourth-order valence-corrected chi connectivity index (χ4v) is 5.00. The monoisotopic (exact) mass is 279 g/mol. The number of hydrogen-bond acceptors (Lipinski definition) is 5. The lowest BCUT2D eigenvalue weighted by atomic mass is 9.70. The van der Waals surface area contributed by atoms with Crippen molar-refractivity contribution in [3.05, 3.63) is 0 Å². The number of amidine groups is 1. The Balaban J connectivity index is 1.74. The van der Waals surface area contributed by atoms with E-state index in [1.54, 1.807) is 0 Å². The van der Waals surface area contributed by atoms with Crippen LogP contribution in [-0.4, -0.2) is 48.1 Å². The van der Waals surface area contributed by atoms with Crippen LogP contribution >= 0.6 is 0 Å². The fourth-order valence-electron chi connectivity index (χ4n) is 5.00. The van der Waals surface area contributed by atoms with Gasteiger partial charge in [-0.15, -0.1) is 0 Å². The van der Waals surface area contributed by atoms with E-state index in [0.717, 1.165) is 0 Å². The summed E-state index contributed by atoms with van der Waals surface area (Å²) in [5, 5.41) is 2.03. The molecule has 5 nitrogen and oxygen atoms in total. The molecule has 5 heteroatoms. The molecule has 0 aromatic rings. The molecule has 2 bridgehead atoms. The lowest BCUT2D eigenvalue weighted by molar-refractivity contribution is -0.208. The molecular weight excluding hydrogens is 254 g/mol. The van der Waals surface area contributed by atoms with Crippen molar-refractivity contribution in [2.45, 2.75) is 58.5 Å². The van der Waals surface area contributed by atoms with Gasteiger partial charge < -0.3 is 14.5 Å². The maximum absolute atomic E-state index is 6.44. The lowest BCUT2D eigenvalue weighted by Gasteiger charge is -2.38. The Morgan fingerprint density at radius 3 is 2.60 bits per heavy atom. The Bertz CT molecular complexity index is 503. The topological polar surface area (TPSA) is 37.3 Å². The molecule has 0 spiro atoms. The number of fused-ring (bicyclic) bond motifs is 7. The molecule has 2 heterocycles. The summed E-state index contributed by atoms with van der Waals surface area (Å²) in [6.45, 7) is 9.21. The Hall–Kier alpha value is -0.810. The van der Waals surface area contributed by atoms with Gasteiger partial charge in [0.2, 0.25) is 0 Å². The first-order valence-corrected chi connectivity index (χ1v) is 7.63. The van der Waals surface area contributed by atoms with Gasteiger partial charge in [-0.1, -0.05) is 25.8 Å². The second-order valence-electron chi connectivity index (χ2n) is 7.95. The van der Waals surface area contributed by atoms with Crippen LogP contribution in [0.25, 0.3) is 0 Å². The van der Waals surface area contributed by atoms with E-state index in [4.69, 9.17) is 9.57 Å². The quantitative estimate of drug-likeness (QED) is 0.680. The SMILES string of the molecule is CN(C)C1=N[C@]2(C)OC3C(C4CCC3(C)C4(C)C)N2O1. The van der Waals surface area contributed by atoms with Crippen molar-refractivity contribution >= 4 is 6.02 Å². The summed E-state index contributed by atoms with van der Waals surface area (Å²) in [5.74, 6) is -0.0222. The molecule has 3 fully saturated rings. The number of hydrogen-bond donors (Lipinski definition) is 0. The summed E-state index contributed by atoms with van der Waals surface area (Å²) in [6, 6.07) is 0.978. The number of aliphatic imine (C=N–C) groups is 1. The van der Waals surface area contributed by atoms with Crippen molar-refractivity contribution in [3.63, 3.8) is 0 Å². The molecule has 0 aromatic heterocycles. The molecule has 0 amide bonds. The molecule has 2 aliphatic carbocycles. The van der Waals surface area contributed by atoms with E-state index in [9.17, 15) is 0 Å². The molecule has 5 atom stereocenters. The zero-order valence-corrected chi connectivity index (χ0v) is 13.3. The first kappa shape index (κ1) is 12.9. The van der Waals surface area contributed by atoms with E-state index in [-0.39, 0.29) is 11.5 Å². The van der Waals surface area contributed by atoms with Crippen molar-refractivity contribution in [1.29, 1.82) is 0 Å². The second-order valence-corrected chi connectivity index (χ2v) is 7.95. The maximum Gasteiger partial charge on any atom is 0.311 e. The van der Waals surface area contributed by atoms with Gasteiger partial charge in [0, 0.05) is 26.4 Å². The Labute approximate surface area is 120 Å². The van der Waals surface area contributed by atoms with Gasteiger partial charge in [0.25, 0.3) is 5.85 Å². The largest absolute Gasteiger partial charge is 0.363 e. The molecule has 0 radical (unpaired) electrons. The van der Waals surface area contributed by atoms with Gasteiger partial charge in [-0.05, 0) is 24.2 Å². The van der Waals surface area contributed by atoms with Crippen molar-refractivity contribution < 1.29 is 9.57 Å². The summed E-state index contributed by atoms with van der Waals surface area (Å²) < 4.78 is 6.44. The van der Waals surface area contributed by atoms with Crippen LogP contribution in [0.3, 0.4) is 0 Å². The molecule has 4 aliphatic rings. The van der Waals surface area contributed by atoms with Crippen LogP contribution in [-0.2, 0) is 9.57 Å². The minimum Gasteiger partial charge on any atom is -0.363 e. The second kappa shape index (κ2) is 3.33. The summed E-state index contributed by atoms with van der Waals surface area (Å²) in [4.78, 5) is 12.6. The molecule has 2 saturated carbocycles. The normalized spacial score (nSPS) is 51.7. The average molecular weight is 279 g/mol. The van der Waals surface area contributed by atoms with Crippen LogP contribution in [0.2, 0.25) is 0 Å². The first-order valence-electron chi connectivity index (χ1n) is 7.63. The van der Waals surface area contributed by atoms with E-state index < -0.39 is 5.85 Å². The van der Waals surface area contributed by atoms with E-state index in [1.807, 2.05) is 31.0 Å². The summed E-state index contributed by atoms with van der Waals surface area (Å²) >= 11 is 0. The van der Waals surface area contributed by atoms with Gasteiger partial charge in [-0.25, -0.2) is 0 Å². The maximum atomic E-state index is 6.44. The third kappa shape index (κ3) is 1.17. The average Bonchev–Trinajstić information content (AvgIpc) is 2.92. The fraction of sp³-hybridized carbons (Fsp3) is 0.933. The molecule has 112 valence electrons. The van der Waals surface area contributed by atoms with Crippen LogP contribution in [0.5, 0.6) is 0 Å². The highest BCUT2D eigenvalue weighted by Gasteiger charge is 2.75. The summed E-state index contributed by atoms with van der Waals surface area (Å²) in [5.41, 5.74) is 0.529. The van der Waals surface area contributed by atoms with Gasteiger partial charge in [0.1, 0.15) is 0 Å². The van der Waals surface area contributed by atoms with Crippen LogP contribution in [0.4, 0.5) is 0 Å². The lowest BCUT2D eigenvalue weighted by Crippen LogP contribution is -2.45. The number of ether oxygens (including phenoxy) is 1. The number of rotatable bonds is 0. The smallest absolute Gasteiger partial charge is 0.311 e. The van der Waals surface area contributed by atoms with Gasteiger partial charge in [-0.2, -0.15) is 4.99 Å². The minimum absolute atomic E-state index is 0.229. The molecular formula is C15H25N3O2. The first-order chi connectivity index (χ1) is 9.21. The zero-order valence-electron chi connectivity index (χ0n) is 13.3. The minimum atomic E-state index is -0.644. The van der Waals surface area contributed by atoms with Crippen LogP contribution < -0.4 is 0 Å². The number of nitrogens with zero attached hydrogens (tertiary/aromatic N) is 3. The van der Waals surface area contributed by atoms with Gasteiger partial charge in [0.05, 0.1) is 12.1 Å². The van der Waals surface area contributed by atoms with E-state index in [2.05, 4.69) is 25.8 Å². The van der Waals surface area contributed by atoms with Gasteiger partial charge in [0.15, 0.2) is 0 Å². The predicted molar refractivity (Wildman–Crippen MR) is 75.7 cm³/mol. The zero-order chi connectivity index (χ0) is 14.5. The third-order valence-electron chi connectivity index (χ3n) is 6.62. The van der Waals surface area contributed by atoms with Crippen LogP contribution in [0, 0.1) is 16.7 Å². The van der Waals surface area contributed by atoms with Crippen molar-refractivity contribution in [3.8, 4) is 0 Å². The number of hydroxylamine groups is 2. The summed E-state index contributed by atoms with van der Waals surface area (Å²) in [7, 11) is 3.90. The Morgan fingerprint density at radius 2 is 1.95 bits per heavy atom. The third-order valence-corrected chi connectivity index (χ3v) is 6.62.